The number of rotatable bonds is 4. The minimum Gasteiger partial charge on any atom is -0.308 e. The Balaban J connectivity index is 1.76. The van der Waals surface area contributed by atoms with Gasteiger partial charge in [-0.15, -0.1) is 11.3 Å². The lowest BCUT2D eigenvalue weighted by atomic mass is 10.1. The number of nitrogens with one attached hydrogen (secondary N) is 1. The zero-order valence-corrected chi connectivity index (χ0v) is 11.1. The lowest BCUT2D eigenvalue weighted by Crippen LogP contribution is -2.14. The molecule has 1 fully saturated rings. The molecule has 1 aromatic heterocycles. The number of hydrogen-bond donors (Lipinski definition) is 1. The Bertz CT molecular complexity index is 561. The predicted molar refractivity (Wildman–Crippen MR) is 72.1 cm³/mol. The SMILES string of the molecule is Cc1cc(-c2csc(CNC3CC3)n2)ccc1F. The molecule has 1 saturated carbocycles. The Labute approximate surface area is 110 Å². The van der Waals surface area contributed by atoms with Gasteiger partial charge >= 0.3 is 0 Å². The third kappa shape index (κ3) is 2.60. The average molecular weight is 262 g/mol. The molecule has 0 saturated heterocycles. The van der Waals surface area contributed by atoms with E-state index in [-0.39, 0.29) is 5.82 Å². The van der Waals surface area contributed by atoms with Crippen molar-refractivity contribution >= 4 is 11.3 Å². The molecular formula is C14H15FN2S. The van der Waals surface area contributed by atoms with Gasteiger partial charge in [-0.2, -0.15) is 0 Å². The van der Waals surface area contributed by atoms with Crippen molar-refractivity contribution in [2.45, 2.75) is 32.4 Å². The lowest BCUT2D eigenvalue weighted by Gasteiger charge is -2.00. The Hall–Kier alpha value is -1.26. The summed E-state index contributed by atoms with van der Waals surface area (Å²) in [6.07, 6.45) is 2.57. The monoisotopic (exact) mass is 262 g/mol. The molecule has 0 atom stereocenters. The molecule has 94 valence electrons. The van der Waals surface area contributed by atoms with E-state index in [1.54, 1.807) is 24.3 Å². The molecule has 1 aliphatic carbocycles. The average Bonchev–Trinajstić information content (AvgIpc) is 3.08. The van der Waals surface area contributed by atoms with Crippen LogP contribution in [0.15, 0.2) is 23.6 Å². The molecule has 0 bridgehead atoms. The molecule has 0 spiro atoms. The Kier molecular flexibility index (Phi) is 3.14. The summed E-state index contributed by atoms with van der Waals surface area (Å²) in [5, 5.41) is 6.58. The fourth-order valence-corrected chi connectivity index (χ4v) is 2.60. The molecule has 0 unspecified atom stereocenters. The maximum Gasteiger partial charge on any atom is 0.126 e. The molecule has 2 aromatic rings. The Morgan fingerprint density at radius 2 is 2.28 bits per heavy atom. The maximum atomic E-state index is 13.2. The van der Waals surface area contributed by atoms with E-state index < -0.39 is 0 Å². The van der Waals surface area contributed by atoms with Gasteiger partial charge in [0.05, 0.1) is 5.69 Å². The zero-order chi connectivity index (χ0) is 12.5. The Morgan fingerprint density at radius 3 is 3.00 bits per heavy atom. The number of aromatic nitrogens is 1. The molecule has 0 amide bonds. The highest BCUT2D eigenvalue weighted by molar-refractivity contribution is 7.09. The van der Waals surface area contributed by atoms with Crippen LogP contribution in [0.25, 0.3) is 11.3 Å². The van der Waals surface area contributed by atoms with Crippen LogP contribution in [0, 0.1) is 12.7 Å². The van der Waals surface area contributed by atoms with Crippen molar-refractivity contribution in [2.24, 2.45) is 0 Å². The highest BCUT2D eigenvalue weighted by Gasteiger charge is 2.20. The predicted octanol–water partition coefficient (Wildman–Crippen LogP) is 3.51. The molecule has 1 aromatic carbocycles. The summed E-state index contributed by atoms with van der Waals surface area (Å²) in [6.45, 7) is 2.62. The number of nitrogens with zero attached hydrogens (tertiary/aromatic N) is 1. The lowest BCUT2D eigenvalue weighted by molar-refractivity contribution is 0.619. The normalized spacial score (nSPS) is 15.0. The molecule has 1 N–H and O–H groups in total. The van der Waals surface area contributed by atoms with Gasteiger partial charge in [-0.1, -0.05) is 0 Å². The van der Waals surface area contributed by atoms with E-state index in [4.69, 9.17) is 0 Å². The van der Waals surface area contributed by atoms with Crippen molar-refractivity contribution < 1.29 is 4.39 Å². The largest absolute Gasteiger partial charge is 0.308 e. The van der Waals surface area contributed by atoms with Gasteiger partial charge in [-0.05, 0) is 43.5 Å². The van der Waals surface area contributed by atoms with E-state index in [2.05, 4.69) is 10.3 Å². The molecule has 0 radical (unpaired) electrons. The summed E-state index contributed by atoms with van der Waals surface area (Å²) in [5.41, 5.74) is 2.59. The van der Waals surface area contributed by atoms with Crippen LogP contribution in [0.2, 0.25) is 0 Å². The number of halogens is 1. The maximum absolute atomic E-state index is 13.2. The quantitative estimate of drug-likeness (QED) is 0.912. The first-order valence-corrected chi connectivity index (χ1v) is 7.04. The number of hydrogen-bond acceptors (Lipinski definition) is 3. The van der Waals surface area contributed by atoms with Crippen LogP contribution in [0.1, 0.15) is 23.4 Å². The molecule has 18 heavy (non-hydrogen) atoms. The smallest absolute Gasteiger partial charge is 0.126 e. The van der Waals surface area contributed by atoms with Crippen LogP contribution >= 0.6 is 11.3 Å². The van der Waals surface area contributed by atoms with Crippen molar-refractivity contribution in [3.05, 3.63) is 40.0 Å². The number of aryl methyl sites for hydroxylation is 1. The van der Waals surface area contributed by atoms with E-state index in [0.717, 1.165) is 22.8 Å². The van der Waals surface area contributed by atoms with Crippen LogP contribution in [0.5, 0.6) is 0 Å². The standard InChI is InChI=1S/C14H15FN2S/c1-9-6-10(2-5-12(9)15)13-8-18-14(17-13)7-16-11-3-4-11/h2,5-6,8,11,16H,3-4,7H2,1H3. The summed E-state index contributed by atoms with van der Waals surface area (Å²) in [4.78, 5) is 4.58. The first kappa shape index (κ1) is 11.8. The van der Waals surface area contributed by atoms with Gasteiger partial charge in [0.1, 0.15) is 10.8 Å². The topological polar surface area (TPSA) is 24.9 Å². The van der Waals surface area contributed by atoms with Crippen LogP contribution < -0.4 is 5.32 Å². The van der Waals surface area contributed by atoms with E-state index in [0.29, 0.717) is 11.6 Å². The minimum absolute atomic E-state index is 0.162. The van der Waals surface area contributed by atoms with Gasteiger partial charge < -0.3 is 5.32 Å². The summed E-state index contributed by atoms with van der Waals surface area (Å²) in [6, 6.07) is 5.84. The second-order valence-corrected chi connectivity index (χ2v) is 5.69. The molecule has 1 heterocycles. The summed E-state index contributed by atoms with van der Waals surface area (Å²) < 4.78 is 13.2. The highest BCUT2D eigenvalue weighted by Crippen LogP contribution is 2.25. The molecule has 3 rings (SSSR count). The summed E-state index contributed by atoms with van der Waals surface area (Å²) in [5.74, 6) is -0.162. The van der Waals surface area contributed by atoms with Crippen molar-refractivity contribution in [3.8, 4) is 11.3 Å². The third-order valence-electron chi connectivity index (χ3n) is 3.12. The van der Waals surface area contributed by atoms with Crippen molar-refractivity contribution in [3.63, 3.8) is 0 Å². The van der Waals surface area contributed by atoms with Gasteiger partial charge in [-0.3, -0.25) is 0 Å². The summed E-state index contributed by atoms with van der Waals surface area (Å²) >= 11 is 1.66. The van der Waals surface area contributed by atoms with Crippen LogP contribution in [0.3, 0.4) is 0 Å². The second-order valence-electron chi connectivity index (χ2n) is 4.75. The fourth-order valence-electron chi connectivity index (χ4n) is 1.85. The van der Waals surface area contributed by atoms with Gasteiger partial charge in [0, 0.05) is 23.5 Å². The highest BCUT2D eigenvalue weighted by atomic mass is 32.1. The van der Waals surface area contributed by atoms with Crippen LogP contribution in [-0.2, 0) is 6.54 Å². The first-order valence-electron chi connectivity index (χ1n) is 6.17. The molecule has 1 aliphatic rings. The van der Waals surface area contributed by atoms with Crippen molar-refractivity contribution in [1.29, 1.82) is 0 Å². The first-order chi connectivity index (χ1) is 8.72. The molecule has 0 aliphatic heterocycles. The molecular weight excluding hydrogens is 247 g/mol. The van der Waals surface area contributed by atoms with Gasteiger partial charge in [0.25, 0.3) is 0 Å². The van der Waals surface area contributed by atoms with E-state index in [9.17, 15) is 4.39 Å². The number of thiazole rings is 1. The van der Waals surface area contributed by atoms with Crippen molar-refractivity contribution in [1.82, 2.24) is 10.3 Å². The Morgan fingerprint density at radius 1 is 1.44 bits per heavy atom. The minimum atomic E-state index is -0.162. The van der Waals surface area contributed by atoms with Gasteiger partial charge in [0.15, 0.2) is 0 Å². The van der Waals surface area contributed by atoms with Crippen LogP contribution in [0.4, 0.5) is 4.39 Å². The fraction of sp³-hybridized carbons (Fsp3) is 0.357. The number of benzene rings is 1. The van der Waals surface area contributed by atoms with E-state index in [1.807, 2.05) is 11.4 Å². The zero-order valence-electron chi connectivity index (χ0n) is 10.2. The molecule has 4 heteroatoms. The van der Waals surface area contributed by atoms with E-state index in [1.165, 1.54) is 18.9 Å². The summed E-state index contributed by atoms with van der Waals surface area (Å²) in [7, 11) is 0. The second kappa shape index (κ2) is 4.78. The van der Waals surface area contributed by atoms with Crippen molar-refractivity contribution in [2.75, 3.05) is 0 Å². The van der Waals surface area contributed by atoms with E-state index >= 15 is 0 Å². The molecule has 2 nitrogen and oxygen atoms in total. The van der Waals surface area contributed by atoms with Crippen LogP contribution in [-0.4, -0.2) is 11.0 Å². The van der Waals surface area contributed by atoms with Gasteiger partial charge in [-0.25, -0.2) is 9.37 Å². The third-order valence-corrected chi connectivity index (χ3v) is 3.97. The van der Waals surface area contributed by atoms with Gasteiger partial charge in [0.2, 0.25) is 0 Å².